The summed E-state index contributed by atoms with van der Waals surface area (Å²) in [5.41, 5.74) is 3.16. The number of nitrogens with one attached hydrogen (secondary N) is 2. The van der Waals surface area contributed by atoms with Gasteiger partial charge in [-0.3, -0.25) is 9.59 Å². The molecule has 0 radical (unpaired) electrons. The number of carbonyl (C=O) groups excluding carboxylic acids is 2. The Hall–Kier alpha value is -2.86. The van der Waals surface area contributed by atoms with Crippen LogP contribution >= 0.6 is 11.6 Å². The first-order valence-electron chi connectivity index (χ1n) is 6.63. The number of hydrazone groups is 1. The van der Waals surface area contributed by atoms with Gasteiger partial charge in [-0.05, 0) is 24.3 Å². The third kappa shape index (κ3) is 4.55. The Morgan fingerprint density at radius 1 is 1.09 bits per heavy atom. The summed E-state index contributed by atoms with van der Waals surface area (Å²) in [6.07, 6.45) is 1.39. The molecule has 0 fully saturated rings. The van der Waals surface area contributed by atoms with Crippen LogP contribution in [-0.2, 0) is 9.59 Å². The largest absolute Gasteiger partial charge is 0.496 e. The van der Waals surface area contributed by atoms with E-state index in [9.17, 15) is 9.59 Å². The van der Waals surface area contributed by atoms with Crippen LogP contribution < -0.4 is 15.5 Å². The molecule has 0 aliphatic carbocycles. The molecule has 118 valence electrons. The maximum absolute atomic E-state index is 11.7. The Labute approximate surface area is 138 Å². The van der Waals surface area contributed by atoms with Gasteiger partial charge in [0.25, 0.3) is 0 Å². The summed E-state index contributed by atoms with van der Waals surface area (Å²) < 4.78 is 5.14. The second-order valence-corrected chi connectivity index (χ2v) is 4.78. The average molecular weight is 332 g/mol. The topological polar surface area (TPSA) is 79.8 Å². The number of benzene rings is 2. The molecular weight excluding hydrogens is 318 g/mol. The summed E-state index contributed by atoms with van der Waals surface area (Å²) >= 11 is 5.90. The highest BCUT2D eigenvalue weighted by Crippen LogP contribution is 2.20. The van der Waals surface area contributed by atoms with Crippen molar-refractivity contribution in [1.29, 1.82) is 0 Å². The zero-order chi connectivity index (χ0) is 16.7. The fourth-order valence-corrected chi connectivity index (χ4v) is 1.91. The van der Waals surface area contributed by atoms with Gasteiger partial charge in [-0.25, -0.2) is 5.43 Å². The van der Waals surface area contributed by atoms with Crippen LogP contribution in [0.25, 0.3) is 0 Å². The lowest BCUT2D eigenvalue weighted by molar-refractivity contribution is -0.136. The Bertz CT molecular complexity index is 747. The fraction of sp³-hybridized carbons (Fsp3) is 0.0625. The van der Waals surface area contributed by atoms with E-state index >= 15 is 0 Å². The summed E-state index contributed by atoms with van der Waals surface area (Å²) in [5, 5.41) is 6.48. The zero-order valence-electron chi connectivity index (χ0n) is 12.2. The second kappa shape index (κ2) is 7.95. The quantitative estimate of drug-likeness (QED) is 0.513. The molecule has 0 heterocycles. The number of amides is 2. The van der Waals surface area contributed by atoms with Gasteiger partial charge in [0.1, 0.15) is 5.75 Å². The van der Waals surface area contributed by atoms with Gasteiger partial charge >= 0.3 is 11.8 Å². The van der Waals surface area contributed by atoms with E-state index in [1.807, 2.05) is 6.07 Å². The van der Waals surface area contributed by atoms with E-state index in [-0.39, 0.29) is 0 Å². The lowest BCUT2D eigenvalue weighted by Gasteiger charge is -2.05. The number of ether oxygens (including phenoxy) is 1. The summed E-state index contributed by atoms with van der Waals surface area (Å²) in [4.78, 5) is 23.4. The molecule has 0 bridgehead atoms. The molecule has 6 nitrogen and oxygen atoms in total. The van der Waals surface area contributed by atoms with Gasteiger partial charge in [-0.1, -0.05) is 35.9 Å². The van der Waals surface area contributed by atoms with Crippen molar-refractivity contribution >= 4 is 35.3 Å². The first-order chi connectivity index (χ1) is 11.1. The Morgan fingerprint density at radius 3 is 2.52 bits per heavy atom. The second-order valence-electron chi connectivity index (χ2n) is 4.38. The maximum Gasteiger partial charge on any atom is 0.329 e. The summed E-state index contributed by atoms with van der Waals surface area (Å²) in [5.74, 6) is -1.17. The van der Waals surface area contributed by atoms with Crippen LogP contribution in [0.3, 0.4) is 0 Å². The molecule has 2 aromatic carbocycles. The van der Waals surface area contributed by atoms with Crippen molar-refractivity contribution in [2.75, 3.05) is 12.4 Å². The third-order valence-corrected chi connectivity index (χ3v) is 3.17. The minimum absolute atomic E-state index is 0.339. The van der Waals surface area contributed by atoms with E-state index in [2.05, 4.69) is 15.8 Å². The number of para-hydroxylation sites is 2. The predicted octanol–water partition coefficient (Wildman–Crippen LogP) is 2.44. The van der Waals surface area contributed by atoms with Gasteiger partial charge in [-0.2, -0.15) is 5.10 Å². The minimum Gasteiger partial charge on any atom is -0.496 e. The van der Waals surface area contributed by atoms with Crippen LogP contribution in [0.2, 0.25) is 5.02 Å². The summed E-state index contributed by atoms with van der Waals surface area (Å²) in [6.45, 7) is 0. The third-order valence-electron chi connectivity index (χ3n) is 2.84. The van der Waals surface area contributed by atoms with Crippen LogP contribution in [-0.4, -0.2) is 25.1 Å². The summed E-state index contributed by atoms with van der Waals surface area (Å²) in [7, 11) is 1.53. The number of methoxy groups -OCH3 is 1. The molecule has 0 saturated heterocycles. The number of hydrogen-bond donors (Lipinski definition) is 2. The van der Waals surface area contributed by atoms with Crippen molar-refractivity contribution in [3.8, 4) is 5.75 Å². The SMILES string of the molecule is COc1ccccc1/C=N\NC(=O)C(=O)Nc1ccccc1Cl. The van der Waals surface area contributed by atoms with Crippen LogP contribution in [0.1, 0.15) is 5.56 Å². The van der Waals surface area contributed by atoms with Crippen molar-refractivity contribution in [3.05, 3.63) is 59.1 Å². The zero-order valence-corrected chi connectivity index (χ0v) is 13.0. The fourth-order valence-electron chi connectivity index (χ4n) is 1.73. The van der Waals surface area contributed by atoms with Gasteiger partial charge in [0.05, 0.1) is 24.0 Å². The smallest absolute Gasteiger partial charge is 0.329 e. The Morgan fingerprint density at radius 2 is 1.78 bits per heavy atom. The highest BCUT2D eigenvalue weighted by Gasteiger charge is 2.14. The van der Waals surface area contributed by atoms with Crippen molar-refractivity contribution in [3.63, 3.8) is 0 Å². The number of halogens is 1. The molecule has 2 aromatic rings. The van der Waals surface area contributed by atoms with Crippen molar-refractivity contribution in [1.82, 2.24) is 5.43 Å². The summed E-state index contributed by atoms with van der Waals surface area (Å²) in [6, 6.07) is 13.7. The molecule has 0 saturated carbocycles. The molecule has 7 heteroatoms. The van der Waals surface area contributed by atoms with Gasteiger partial charge in [0.15, 0.2) is 0 Å². The molecule has 2 rings (SSSR count). The van der Waals surface area contributed by atoms with Crippen molar-refractivity contribution < 1.29 is 14.3 Å². The number of rotatable bonds is 4. The Kier molecular flexibility index (Phi) is 5.71. The van der Waals surface area contributed by atoms with Crippen molar-refractivity contribution in [2.24, 2.45) is 5.10 Å². The van der Waals surface area contributed by atoms with Crippen LogP contribution in [0, 0.1) is 0 Å². The van der Waals surface area contributed by atoms with E-state index in [0.29, 0.717) is 22.0 Å². The van der Waals surface area contributed by atoms with Crippen LogP contribution in [0.15, 0.2) is 53.6 Å². The van der Waals surface area contributed by atoms with Crippen LogP contribution in [0.5, 0.6) is 5.75 Å². The molecule has 2 amide bonds. The number of nitrogens with zero attached hydrogens (tertiary/aromatic N) is 1. The first-order valence-corrected chi connectivity index (χ1v) is 7.01. The lowest BCUT2D eigenvalue weighted by Crippen LogP contribution is -2.32. The molecule has 23 heavy (non-hydrogen) atoms. The monoisotopic (exact) mass is 331 g/mol. The van der Waals surface area contributed by atoms with Gasteiger partial charge in [0, 0.05) is 5.56 Å². The predicted molar refractivity (Wildman–Crippen MR) is 88.8 cm³/mol. The first kappa shape index (κ1) is 16.5. The molecule has 0 spiro atoms. The lowest BCUT2D eigenvalue weighted by atomic mass is 10.2. The highest BCUT2D eigenvalue weighted by atomic mass is 35.5. The Balaban J connectivity index is 1.95. The van der Waals surface area contributed by atoms with Gasteiger partial charge in [-0.15, -0.1) is 0 Å². The molecular formula is C16H14ClN3O3. The molecule has 0 aromatic heterocycles. The van der Waals surface area contributed by atoms with Gasteiger partial charge < -0.3 is 10.1 Å². The molecule has 2 N–H and O–H groups in total. The van der Waals surface area contributed by atoms with Crippen LogP contribution in [0.4, 0.5) is 5.69 Å². The normalized spacial score (nSPS) is 10.3. The molecule has 0 aliphatic rings. The molecule has 0 atom stereocenters. The minimum atomic E-state index is -0.906. The highest BCUT2D eigenvalue weighted by molar-refractivity contribution is 6.41. The molecule has 0 aliphatic heterocycles. The van der Waals surface area contributed by atoms with E-state index in [1.165, 1.54) is 13.3 Å². The van der Waals surface area contributed by atoms with E-state index < -0.39 is 11.8 Å². The van der Waals surface area contributed by atoms with E-state index in [4.69, 9.17) is 16.3 Å². The number of hydrogen-bond acceptors (Lipinski definition) is 4. The number of carbonyl (C=O) groups is 2. The van der Waals surface area contributed by atoms with Gasteiger partial charge in [0.2, 0.25) is 0 Å². The maximum atomic E-state index is 11.7. The van der Waals surface area contributed by atoms with Crippen molar-refractivity contribution in [2.45, 2.75) is 0 Å². The average Bonchev–Trinajstić information content (AvgIpc) is 2.57. The van der Waals surface area contributed by atoms with E-state index in [1.54, 1.807) is 42.5 Å². The molecule has 0 unspecified atom stereocenters. The van der Waals surface area contributed by atoms with E-state index in [0.717, 1.165) is 0 Å². The standard InChI is InChI=1S/C16H14ClN3O3/c1-23-14-9-5-2-6-11(14)10-18-20-16(22)15(21)19-13-8-4-3-7-12(13)17/h2-10H,1H3,(H,19,21)(H,20,22)/b18-10-. The number of anilines is 1.